The quantitative estimate of drug-likeness (QED) is 0.514. The molecule has 1 aromatic heterocycles. The molecule has 0 aliphatic rings. The number of ether oxygens (including phenoxy) is 2. The fraction of sp³-hybridized carbons (Fsp3) is 0.261. The van der Waals surface area contributed by atoms with Crippen LogP contribution < -0.4 is 10.1 Å². The van der Waals surface area contributed by atoms with Gasteiger partial charge in [0.2, 0.25) is 5.91 Å². The van der Waals surface area contributed by atoms with Gasteiger partial charge < -0.3 is 14.8 Å². The number of rotatable bonds is 9. The van der Waals surface area contributed by atoms with Gasteiger partial charge in [-0.2, -0.15) is 0 Å². The molecule has 2 aromatic carbocycles. The summed E-state index contributed by atoms with van der Waals surface area (Å²) in [6.45, 7) is 4.28. The van der Waals surface area contributed by atoms with Gasteiger partial charge in [0.15, 0.2) is 0 Å². The molecule has 156 valence electrons. The van der Waals surface area contributed by atoms with Crippen LogP contribution in [-0.2, 0) is 27.4 Å². The summed E-state index contributed by atoms with van der Waals surface area (Å²) in [5.74, 6) is 0.277. The largest absolute Gasteiger partial charge is 0.493 e. The van der Waals surface area contributed by atoms with Crippen LogP contribution in [0.5, 0.6) is 5.75 Å². The average Bonchev–Trinajstić information content (AvgIpc) is 3.17. The Labute approximate surface area is 179 Å². The van der Waals surface area contributed by atoms with Crippen molar-refractivity contribution in [3.8, 4) is 5.75 Å². The summed E-state index contributed by atoms with van der Waals surface area (Å²) in [6.07, 6.45) is 0.334. The molecule has 1 amide bonds. The summed E-state index contributed by atoms with van der Waals surface area (Å²) >= 11 is 1.37. The van der Waals surface area contributed by atoms with Crippen LogP contribution in [0.3, 0.4) is 0 Å². The Kier molecular flexibility index (Phi) is 7.57. The molecule has 30 heavy (non-hydrogen) atoms. The predicted octanol–water partition coefficient (Wildman–Crippen LogP) is 4.45. The molecule has 3 rings (SSSR count). The molecular formula is C23H24N2O4S. The molecule has 0 atom stereocenters. The third kappa shape index (κ3) is 6.70. The maximum absolute atomic E-state index is 12.2. The summed E-state index contributed by atoms with van der Waals surface area (Å²) in [7, 11) is 0. The summed E-state index contributed by atoms with van der Waals surface area (Å²) in [4.78, 5) is 28.4. The topological polar surface area (TPSA) is 77.5 Å². The summed E-state index contributed by atoms with van der Waals surface area (Å²) in [5.41, 5.74) is 3.54. The van der Waals surface area contributed by atoms with E-state index in [1.54, 1.807) is 5.38 Å². The van der Waals surface area contributed by atoms with E-state index >= 15 is 0 Å². The molecule has 0 bridgehead atoms. The highest BCUT2D eigenvalue weighted by molar-refractivity contribution is 7.09. The summed E-state index contributed by atoms with van der Waals surface area (Å²) in [5, 5.41) is 5.32. The first kappa shape index (κ1) is 21.5. The van der Waals surface area contributed by atoms with Gasteiger partial charge >= 0.3 is 5.97 Å². The van der Waals surface area contributed by atoms with Crippen molar-refractivity contribution < 1.29 is 19.1 Å². The number of esters is 1. The Morgan fingerprint density at radius 1 is 1.07 bits per heavy atom. The van der Waals surface area contributed by atoms with Gasteiger partial charge in [-0.15, -0.1) is 11.3 Å². The zero-order valence-corrected chi connectivity index (χ0v) is 17.8. The zero-order chi connectivity index (χ0) is 21.3. The fourth-order valence-corrected chi connectivity index (χ4v) is 3.44. The van der Waals surface area contributed by atoms with Gasteiger partial charge in [-0.25, -0.2) is 4.98 Å². The zero-order valence-electron chi connectivity index (χ0n) is 17.0. The van der Waals surface area contributed by atoms with Crippen LogP contribution in [0, 0.1) is 13.8 Å². The maximum Gasteiger partial charge on any atom is 0.309 e. The standard InChI is InChI=1S/C23H24N2O4S/c1-16-7-9-18(10-8-16)24-21(26)13-22-25-19(15-30-22)14-29-23(27)11-12-28-20-6-4-3-5-17(20)2/h3-10,15H,11-14H2,1-2H3,(H,24,26). The third-order valence-corrected chi connectivity index (χ3v) is 5.18. The van der Waals surface area contributed by atoms with Crippen molar-refractivity contribution >= 4 is 28.9 Å². The van der Waals surface area contributed by atoms with E-state index in [9.17, 15) is 9.59 Å². The first-order valence-electron chi connectivity index (χ1n) is 9.63. The van der Waals surface area contributed by atoms with E-state index in [1.807, 2.05) is 62.4 Å². The second kappa shape index (κ2) is 10.5. The number of aromatic nitrogens is 1. The number of nitrogens with zero attached hydrogens (tertiary/aromatic N) is 1. The van der Waals surface area contributed by atoms with Crippen LogP contribution in [-0.4, -0.2) is 23.5 Å². The van der Waals surface area contributed by atoms with E-state index in [4.69, 9.17) is 9.47 Å². The number of hydrogen-bond acceptors (Lipinski definition) is 6. The molecule has 0 saturated carbocycles. The van der Waals surface area contributed by atoms with Crippen molar-refractivity contribution in [2.75, 3.05) is 11.9 Å². The van der Waals surface area contributed by atoms with Crippen molar-refractivity contribution in [3.05, 3.63) is 75.7 Å². The molecule has 6 nitrogen and oxygen atoms in total. The third-order valence-electron chi connectivity index (χ3n) is 4.28. The number of carbonyl (C=O) groups excluding carboxylic acids is 2. The van der Waals surface area contributed by atoms with Crippen molar-refractivity contribution in [3.63, 3.8) is 0 Å². The van der Waals surface area contributed by atoms with Crippen molar-refractivity contribution in [2.45, 2.75) is 33.3 Å². The normalized spacial score (nSPS) is 10.5. The predicted molar refractivity (Wildman–Crippen MR) is 117 cm³/mol. The van der Waals surface area contributed by atoms with Crippen molar-refractivity contribution in [2.24, 2.45) is 0 Å². The van der Waals surface area contributed by atoms with Gasteiger partial charge in [0.05, 0.1) is 25.1 Å². The monoisotopic (exact) mass is 424 g/mol. The van der Waals surface area contributed by atoms with Gasteiger partial charge in [0.25, 0.3) is 0 Å². The summed E-state index contributed by atoms with van der Waals surface area (Å²) in [6, 6.07) is 15.3. The molecule has 0 aliphatic carbocycles. The molecule has 1 N–H and O–H groups in total. The van der Waals surface area contributed by atoms with E-state index in [2.05, 4.69) is 10.3 Å². The fourth-order valence-electron chi connectivity index (χ4n) is 2.67. The van der Waals surface area contributed by atoms with Gasteiger partial charge in [0.1, 0.15) is 17.4 Å². The minimum Gasteiger partial charge on any atom is -0.493 e. The number of anilines is 1. The molecule has 0 saturated heterocycles. The molecular weight excluding hydrogens is 400 g/mol. The molecule has 0 radical (unpaired) electrons. The minimum atomic E-state index is -0.352. The Balaban J connectivity index is 1.38. The van der Waals surface area contributed by atoms with E-state index < -0.39 is 0 Å². The molecule has 7 heteroatoms. The lowest BCUT2D eigenvalue weighted by molar-refractivity contribution is -0.145. The maximum atomic E-state index is 12.2. The van der Waals surface area contributed by atoms with Gasteiger partial charge in [0, 0.05) is 11.1 Å². The molecule has 0 unspecified atom stereocenters. The second-order valence-electron chi connectivity index (χ2n) is 6.85. The van der Waals surface area contributed by atoms with Crippen LogP contribution in [0.25, 0.3) is 0 Å². The lowest BCUT2D eigenvalue weighted by Gasteiger charge is -2.08. The number of hydrogen-bond donors (Lipinski definition) is 1. The van der Waals surface area contributed by atoms with E-state index in [0.29, 0.717) is 10.7 Å². The number of benzene rings is 2. The van der Waals surface area contributed by atoms with E-state index in [0.717, 1.165) is 22.6 Å². The molecule has 0 aliphatic heterocycles. The molecule has 1 heterocycles. The lowest BCUT2D eigenvalue weighted by Crippen LogP contribution is -2.14. The van der Waals surface area contributed by atoms with Gasteiger partial charge in [-0.3, -0.25) is 9.59 Å². The lowest BCUT2D eigenvalue weighted by atomic mass is 10.2. The average molecular weight is 425 g/mol. The highest BCUT2D eigenvalue weighted by Crippen LogP contribution is 2.17. The number of amides is 1. The van der Waals surface area contributed by atoms with Crippen molar-refractivity contribution in [1.82, 2.24) is 4.98 Å². The second-order valence-corrected chi connectivity index (χ2v) is 7.79. The van der Waals surface area contributed by atoms with Crippen LogP contribution in [0.1, 0.15) is 28.2 Å². The first-order chi connectivity index (χ1) is 14.5. The molecule has 0 spiro atoms. The van der Waals surface area contributed by atoms with Crippen LogP contribution in [0.2, 0.25) is 0 Å². The van der Waals surface area contributed by atoms with Gasteiger partial charge in [-0.05, 0) is 37.6 Å². The smallest absolute Gasteiger partial charge is 0.309 e. The van der Waals surface area contributed by atoms with E-state index in [-0.39, 0.29) is 37.9 Å². The van der Waals surface area contributed by atoms with E-state index in [1.165, 1.54) is 11.3 Å². The Morgan fingerprint density at radius 2 is 1.83 bits per heavy atom. The number of carbonyl (C=O) groups is 2. The number of nitrogens with one attached hydrogen (secondary N) is 1. The number of aryl methyl sites for hydroxylation is 2. The Hall–Kier alpha value is -3.19. The van der Waals surface area contributed by atoms with Crippen LogP contribution in [0.4, 0.5) is 5.69 Å². The highest BCUT2D eigenvalue weighted by atomic mass is 32.1. The number of thiazole rings is 1. The van der Waals surface area contributed by atoms with Crippen LogP contribution in [0.15, 0.2) is 53.9 Å². The molecule has 0 fully saturated rings. The molecule has 3 aromatic rings. The summed E-state index contributed by atoms with van der Waals surface area (Å²) < 4.78 is 10.8. The first-order valence-corrected chi connectivity index (χ1v) is 10.5. The Morgan fingerprint density at radius 3 is 2.60 bits per heavy atom. The van der Waals surface area contributed by atoms with Gasteiger partial charge in [-0.1, -0.05) is 35.9 Å². The number of para-hydroxylation sites is 1. The minimum absolute atomic E-state index is 0.0826. The highest BCUT2D eigenvalue weighted by Gasteiger charge is 2.11. The van der Waals surface area contributed by atoms with Crippen molar-refractivity contribution in [1.29, 1.82) is 0 Å². The van der Waals surface area contributed by atoms with Crippen LogP contribution >= 0.6 is 11.3 Å². The SMILES string of the molecule is Cc1ccc(NC(=O)Cc2nc(COC(=O)CCOc3ccccc3C)cs2)cc1. The Bertz CT molecular complexity index is 998.